The highest BCUT2D eigenvalue weighted by Crippen LogP contribution is 2.28. The molecule has 2 heterocycles. The van der Waals surface area contributed by atoms with Gasteiger partial charge in [-0.05, 0) is 46.5 Å². The van der Waals surface area contributed by atoms with Crippen LogP contribution in [-0.4, -0.2) is 34.3 Å². The predicted octanol–water partition coefficient (Wildman–Crippen LogP) is 3.06. The standard InChI is InChI=1S/C14H17BrClN5/c1-8-4-5-21(7-12(8)17)14-18-13(19-20-14)9-2-3-11(16)10(15)6-9/h2-3,6,8,12H,4-5,7,17H2,1H3,(H,18,19,20). The van der Waals surface area contributed by atoms with Crippen LogP contribution in [0.3, 0.4) is 0 Å². The smallest absolute Gasteiger partial charge is 0.245 e. The Bertz CT molecular complexity index is 644. The molecule has 0 amide bonds. The first-order valence-corrected chi connectivity index (χ1v) is 8.10. The van der Waals surface area contributed by atoms with Crippen molar-refractivity contribution in [3.63, 3.8) is 0 Å². The minimum atomic E-state index is 0.172. The van der Waals surface area contributed by atoms with E-state index >= 15 is 0 Å². The third kappa shape index (κ3) is 3.07. The van der Waals surface area contributed by atoms with Gasteiger partial charge in [-0.1, -0.05) is 18.5 Å². The first-order chi connectivity index (χ1) is 10.0. The van der Waals surface area contributed by atoms with Crippen LogP contribution in [0.4, 0.5) is 5.95 Å². The average Bonchev–Trinajstić information content (AvgIpc) is 2.94. The maximum Gasteiger partial charge on any atom is 0.245 e. The highest BCUT2D eigenvalue weighted by atomic mass is 79.9. The second-order valence-corrected chi connectivity index (χ2v) is 6.75. The van der Waals surface area contributed by atoms with Crippen molar-refractivity contribution in [3.05, 3.63) is 27.7 Å². The predicted molar refractivity (Wildman–Crippen MR) is 88.5 cm³/mol. The van der Waals surface area contributed by atoms with Gasteiger partial charge in [-0.25, -0.2) is 0 Å². The molecule has 112 valence electrons. The van der Waals surface area contributed by atoms with E-state index in [1.165, 1.54) is 0 Å². The van der Waals surface area contributed by atoms with Gasteiger partial charge in [0.1, 0.15) is 0 Å². The van der Waals surface area contributed by atoms with Crippen LogP contribution < -0.4 is 10.6 Å². The SMILES string of the molecule is CC1CCN(c2n[nH]c(-c3ccc(Cl)c(Br)c3)n2)CC1N. The summed E-state index contributed by atoms with van der Waals surface area (Å²) in [4.78, 5) is 6.71. The van der Waals surface area contributed by atoms with Crippen LogP contribution in [-0.2, 0) is 0 Å². The van der Waals surface area contributed by atoms with Gasteiger partial charge in [-0.3, -0.25) is 5.10 Å². The van der Waals surface area contributed by atoms with E-state index in [1.54, 1.807) is 0 Å². The fraction of sp³-hybridized carbons (Fsp3) is 0.429. The normalized spacial score (nSPS) is 22.6. The fourth-order valence-corrected chi connectivity index (χ4v) is 2.94. The Hall–Kier alpha value is -1.11. The highest BCUT2D eigenvalue weighted by Gasteiger charge is 2.25. The fourth-order valence-electron chi connectivity index (χ4n) is 2.45. The largest absolute Gasteiger partial charge is 0.338 e. The molecule has 1 aromatic heterocycles. The molecular formula is C14H17BrClN5. The number of H-pyrrole nitrogens is 1. The molecule has 2 atom stereocenters. The zero-order valence-corrected chi connectivity index (χ0v) is 14.0. The third-order valence-corrected chi connectivity index (χ3v) is 5.18. The van der Waals surface area contributed by atoms with E-state index in [0.717, 1.165) is 35.4 Å². The first-order valence-electron chi connectivity index (χ1n) is 6.93. The molecule has 1 aromatic carbocycles. The third-order valence-electron chi connectivity index (χ3n) is 3.97. The van der Waals surface area contributed by atoms with E-state index in [4.69, 9.17) is 17.3 Å². The van der Waals surface area contributed by atoms with Gasteiger partial charge < -0.3 is 10.6 Å². The molecular weight excluding hydrogens is 354 g/mol. The van der Waals surface area contributed by atoms with Gasteiger partial charge in [0.05, 0.1) is 5.02 Å². The maximum absolute atomic E-state index is 6.13. The Kier molecular flexibility index (Phi) is 4.19. The van der Waals surface area contributed by atoms with Gasteiger partial charge in [0.25, 0.3) is 0 Å². The Labute approximate surface area is 137 Å². The summed E-state index contributed by atoms with van der Waals surface area (Å²) in [7, 11) is 0. The van der Waals surface area contributed by atoms with Crippen LogP contribution in [0.25, 0.3) is 11.4 Å². The number of aromatic amines is 1. The van der Waals surface area contributed by atoms with Crippen molar-refractivity contribution in [2.24, 2.45) is 11.7 Å². The van der Waals surface area contributed by atoms with Crippen molar-refractivity contribution in [1.29, 1.82) is 0 Å². The lowest BCUT2D eigenvalue weighted by Crippen LogP contribution is -2.48. The average molecular weight is 371 g/mol. The number of rotatable bonds is 2. The zero-order chi connectivity index (χ0) is 15.0. The monoisotopic (exact) mass is 369 g/mol. The van der Waals surface area contributed by atoms with Crippen LogP contribution in [0.2, 0.25) is 5.02 Å². The Morgan fingerprint density at radius 3 is 3.00 bits per heavy atom. The van der Waals surface area contributed by atoms with Gasteiger partial charge in [0, 0.05) is 29.2 Å². The van der Waals surface area contributed by atoms with Crippen LogP contribution in [0, 0.1) is 5.92 Å². The molecule has 5 nitrogen and oxygen atoms in total. The van der Waals surface area contributed by atoms with Crippen LogP contribution in [0.15, 0.2) is 22.7 Å². The summed E-state index contributed by atoms with van der Waals surface area (Å²) in [5, 5.41) is 7.97. The lowest BCUT2D eigenvalue weighted by Gasteiger charge is -2.34. The van der Waals surface area contributed by atoms with Crippen molar-refractivity contribution in [2.75, 3.05) is 18.0 Å². The summed E-state index contributed by atoms with van der Waals surface area (Å²) < 4.78 is 0.841. The van der Waals surface area contributed by atoms with Crippen LogP contribution in [0.1, 0.15) is 13.3 Å². The Morgan fingerprint density at radius 1 is 1.48 bits per heavy atom. The van der Waals surface area contributed by atoms with Crippen molar-refractivity contribution < 1.29 is 0 Å². The van der Waals surface area contributed by atoms with E-state index in [0.29, 0.717) is 16.9 Å². The molecule has 0 saturated carbocycles. The van der Waals surface area contributed by atoms with E-state index in [1.807, 2.05) is 18.2 Å². The maximum atomic E-state index is 6.13. The Morgan fingerprint density at radius 2 is 2.29 bits per heavy atom. The summed E-state index contributed by atoms with van der Waals surface area (Å²) in [6.45, 7) is 3.93. The number of benzene rings is 1. The molecule has 2 aromatic rings. The summed E-state index contributed by atoms with van der Waals surface area (Å²) in [6.07, 6.45) is 1.07. The summed E-state index contributed by atoms with van der Waals surface area (Å²) in [6, 6.07) is 5.85. The molecule has 21 heavy (non-hydrogen) atoms. The number of aromatic nitrogens is 3. The quantitative estimate of drug-likeness (QED) is 0.852. The molecule has 3 rings (SSSR count). The zero-order valence-electron chi connectivity index (χ0n) is 11.7. The number of halogens is 2. The lowest BCUT2D eigenvalue weighted by atomic mass is 9.95. The van der Waals surface area contributed by atoms with Gasteiger partial charge in [-0.2, -0.15) is 4.98 Å². The summed E-state index contributed by atoms with van der Waals surface area (Å²) in [5.74, 6) is 1.99. The number of nitrogens with one attached hydrogen (secondary N) is 1. The molecule has 0 spiro atoms. The topological polar surface area (TPSA) is 70.8 Å². The van der Waals surface area contributed by atoms with Crippen LogP contribution >= 0.6 is 27.5 Å². The van der Waals surface area contributed by atoms with Crippen molar-refractivity contribution in [1.82, 2.24) is 15.2 Å². The first kappa shape index (κ1) is 14.8. The van der Waals surface area contributed by atoms with E-state index in [-0.39, 0.29) is 6.04 Å². The number of nitrogens with zero attached hydrogens (tertiary/aromatic N) is 3. The molecule has 2 unspecified atom stereocenters. The number of hydrogen-bond acceptors (Lipinski definition) is 4. The van der Waals surface area contributed by atoms with Crippen molar-refractivity contribution in [3.8, 4) is 11.4 Å². The molecule has 1 aliphatic heterocycles. The molecule has 7 heteroatoms. The van der Waals surface area contributed by atoms with Gasteiger partial charge in [-0.15, -0.1) is 5.10 Å². The van der Waals surface area contributed by atoms with E-state index < -0.39 is 0 Å². The van der Waals surface area contributed by atoms with Crippen molar-refractivity contribution >= 4 is 33.5 Å². The van der Waals surface area contributed by atoms with E-state index in [9.17, 15) is 0 Å². The molecule has 3 N–H and O–H groups in total. The van der Waals surface area contributed by atoms with E-state index in [2.05, 4.69) is 42.9 Å². The molecule has 1 aliphatic rings. The number of piperidine rings is 1. The Balaban J connectivity index is 1.81. The number of hydrogen-bond donors (Lipinski definition) is 2. The van der Waals surface area contributed by atoms with Gasteiger partial charge >= 0.3 is 0 Å². The molecule has 1 fully saturated rings. The second kappa shape index (κ2) is 5.94. The summed E-state index contributed by atoms with van der Waals surface area (Å²) >= 11 is 9.43. The molecule has 0 aliphatic carbocycles. The van der Waals surface area contributed by atoms with Crippen molar-refractivity contribution in [2.45, 2.75) is 19.4 Å². The molecule has 0 bridgehead atoms. The highest BCUT2D eigenvalue weighted by molar-refractivity contribution is 9.10. The minimum Gasteiger partial charge on any atom is -0.338 e. The molecule has 1 saturated heterocycles. The lowest BCUT2D eigenvalue weighted by molar-refractivity contribution is 0.376. The number of anilines is 1. The second-order valence-electron chi connectivity index (χ2n) is 5.49. The minimum absolute atomic E-state index is 0.172. The molecule has 0 radical (unpaired) electrons. The van der Waals surface area contributed by atoms with Gasteiger partial charge in [0.15, 0.2) is 5.82 Å². The van der Waals surface area contributed by atoms with Gasteiger partial charge in [0.2, 0.25) is 5.95 Å². The number of nitrogens with two attached hydrogens (primary N) is 1. The summed E-state index contributed by atoms with van der Waals surface area (Å²) in [5.41, 5.74) is 7.08. The van der Waals surface area contributed by atoms with Crippen LogP contribution in [0.5, 0.6) is 0 Å².